The van der Waals surface area contributed by atoms with Gasteiger partial charge in [0.1, 0.15) is 23.2 Å². The van der Waals surface area contributed by atoms with Gasteiger partial charge in [-0.25, -0.2) is 13.2 Å². The van der Waals surface area contributed by atoms with Crippen LogP contribution in [-0.4, -0.2) is 16.8 Å². The monoisotopic (exact) mass is 409 g/mol. The van der Waals surface area contributed by atoms with E-state index in [1.54, 1.807) is 30.3 Å². The minimum atomic E-state index is -1.16. The van der Waals surface area contributed by atoms with E-state index in [4.69, 9.17) is 0 Å². The molecule has 3 aromatic rings. The number of amides is 1. The number of rotatable bonds is 3. The Bertz CT molecular complexity index is 1170. The van der Waals surface area contributed by atoms with Crippen molar-refractivity contribution in [2.75, 3.05) is 4.90 Å². The molecule has 3 aromatic carbocycles. The zero-order chi connectivity index (χ0) is 21.4. The Hall–Kier alpha value is -3.87. The fraction of sp³-hybridized carbons (Fsp3) is 0.0435. The standard InChI is InChI=1S/C23H14F3NO3/c24-15-8-6-14(7-9-15)21(28)19-20(13-4-2-1-3-5-13)27(23(30)22(19)29)18-11-10-16(25)12-17(18)26/h1-12,20,28H/b21-19+. The van der Waals surface area contributed by atoms with Crippen LogP contribution in [0.15, 0.2) is 78.4 Å². The lowest BCUT2D eigenvalue weighted by Crippen LogP contribution is -2.30. The Labute approximate surface area is 169 Å². The molecule has 0 spiro atoms. The van der Waals surface area contributed by atoms with Gasteiger partial charge < -0.3 is 5.11 Å². The van der Waals surface area contributed by atoms with E-state index in [0.717, 1.165) is 29.2 Å². The maximum atomic E-state index is 14.5. The molecule has 7 heteroatoms. The normalized spacial score (nSPS) is 18.1. The van der Waals surface area contributed by atoms with Gasteiger partial charge in [0.05, 0.1) is 17.3 Å². The van der Waals surface area contributed by atoms with E-state index in [-0.39, 0.29) is 16.8 Å². The number of nitrogens with zero attached hydrogens (tertiary/aromatic N) is 1. The number of carbonyl (C=O) groups is 2. The van der Waals surface area contributed by atoms with E-state index in [9.17, 15) is 27.9 Å². The quantitative estimate of drug-likeness (QED) is 0.387. The second-order valence-electron chi connectivity index (χ2n) is 6.68. The first-order chi connectivity index (χ1) is 14.4. The molecule has 0 radical (unpaired) electrons. The highest BCUT2D eigenvalue weighted by Gasteiger charge is 2.47. The van der Waals surface area contributed by atoms with Crippen LogP contribution in [0.4, 0.5) is 18.9 Å². The van der Waals surface area contributed by atoms with E-state index in [2.05, 4.69) is 0 Å². The second kappa shape index (κ2) is 7.51. The SMILES string of the molecule is O=C1C(=O)N(c2ccc(F)cc2F)C(c2ccccc2)/C1=C(\O)c1ccc(F)cc1. The largest absolute Gasteiger partial charge is 0.507 e. The van der Waals surface area contributed by atoms with Crippen molar-refractivity contribution in [3.8, 4) is 0 Å². The lowest BCUT2D eigenvalue weighted by molar-refractivity contribution is -0.132. The Morgan fingerprint density at radius 3 is 2.10 bits per heavy atom. The average Bonchev–Trinajstić information content (AvgIpc) is 3.00. The zero-order valence-corrected chi connectivity index (χ0v) is 15.4. The third-order valence-electron chi connectivity index (χ3n) is 4.85. The van der Waals surface area contributed by atoms with E-state index >= 15 is 0 Å². The van der Waals surface area contributed by atoms with Gasteiger partial charge in [0, 0.05) is 11.6 Å². The molecule has 1 amide bonds. The number of carbonyl (C=O) groups excluding carboxylic acids is 2. The molecule has 1 N–H and O–H groups in total. The van der Waals surface area contributed by atoms with Gasteiger partial charge in [-0.3, -0.25) is 14.5 Å². The van der Waals surface area contributed by atoms with Crippen molar-refractivity contribution in [1.29, 1.82) is 0 Å². The van der Waals surface area contributed by atoms with Crippen LogP contribution in [0.25, 0.3) is 5.76 Å². The molecule has 0 aromatic heterocycles. The summed E-state index contributed by atoms with van der Waals surface area (Å²) in [6.45, 7) is 0. The number of aliphatic hydroxyl groups is 1. The molecule has 1 saturated heterocycles. The van der Waals surface area contributed by atoms with Crippen molar-refractivity contribution in [3.05, 3.63) is 107 Å². The summed E-state index contributed by atoms with van der Waals surface area (Å²) in [5.41, 5.74) is -0.0222. The Balaban J connectivity index is 1.96. The molecule has 1 fully saturated rings. The molecule has 1 aliphatic heterocycles. The predicted octanol–water partition coefficient (Wildman–Crippen LogP) is 4.73. The van der Waals surface area contributed by atoms with Gasteiger partial charge in [-0.15, -0.1) is 0 Å². The van der Waals surface area contributed by atoms with E-state index in [0.29, 0.717) is 11.6 Å². The van der Waals surface area contributed by atoms with Crippen molar-refractivity contribution < 1.29 is 27.9 Å². The van der Waals surface area contributed by atoms with Crippen LogP contribution < -0.4 is 4.90 Å². The van der Waals surface area contributed by atoms with Crippen LogP contribution in [0, 0.1) is 17.5 Å². The Morgan fingerprint density at radius 2 is 1.47 bits per heavy atom. The number of anilines is 1. The lowest BCUT2D eigenvalue weighted by Gasteiger charge is -2.25. The first-order valence-electron chi connectivity index (χ1n) is 8.95. The van der Waals surface area contributed by atoms with Gasteiger partial charge in [0.15, 0.2) is 0 Å². The summed E-state index contributed by atoms with van der Waals surface area (Å²) in [5.74, 6) is -5.03. The third kappa shape index (κ3) is 3.24. The number of aliphatic hydroxyl groups excluding tert-OH is 1. The molecule has 4 nitrogen and oxygen atoms in total. The molecule has 30 heavy (non-hydrogen) atoms. The summed E-state index contributed by atoms with van der Waals surface area (Å²) in [6, 6.07) is 14.5. The number of Topliss-reactive ketones (excluding diaryl/α,β-unsaturated/α-hetero) is 1. The lowest BCUT2D eigenvalue weighted by atomic mass is 9.95. The van der Waals surface area contributed by atoms with Crippen molar-refractivity contribution >= 4 is 23.1 Å². The highest BCUT2D eigenvalue weighted by molar-refractivity contribution is 6.51. The summed E-state index contributed by atoms with van der Waals surface area (Å²) in [6.07, 6.45) is 0. The minimum Gasteiger partial charge on any atom is -0.507 e. The maximum absolute atomic E-state index is 14.5. The number of benzene rings is 3. The fourth-order valence-electron chi connectivity index (χ4n) is 3.47. The Morgan fingerprint density at radius 1 is 0.833 bits per heavy atom. The molecule has 1 aliphatic rings. The van der Waals surface area contributed by atoms with E-state index in [1.165, 1.54) is 12.1 Å². The van der Waals surface area contributed by atoms with Gasteiger partial charge >= 0.3 is 0 Å². The number of hydrogen-bond donors (Lipinski definition) is 1. The Kier molecular flexibility index (Phi) is 4.87. The first-order valence-corrected chi connectivity index (χ1v) is 8.95. The van der Waals surface area contributed by atoms with Crippen molar-refractivity contribution in [2.45, 2.75) is 6.04 Å². The molecule has 0 aliphatic carbocycles. The molecule has 1 atom stereocenters. The minimum absolute atomic E-state index is 0.120. The predicted molar refractivity (Wildman–Crippen MR) is 104 cm³/mol. The number of hydrogen-bond acceptors (Lipinski definition) is 3. The summed E-state index contributed by atoms with van der Waals surface area (Å²) in [5, 5.41) is 10.8. The maximum Gasteiger partial charge on any atom is 0.300 e. The average molecular weight is 409 g/mol. The number of ketones is 1. The van der Waals surface area contributed by atoms with Crippen molar-refractivity contribution in [1.82, 2.24) is 0 Å². The van der Waals surface area contributed by atoms with Crippen LogP contribution >= 0.6 is 0 Å². The molecule has 150 valence electrons. The zero-order valence-electron chi connectivity index (χ0n) is 15.4. The summed E-state index contributed by atoms with van der Waals surface area (Å²) < 4.78 is 41.2. The molecule has 1 heterocycles. The van der Waals surface area contributed by atoms with Gasteiger partial charge in [0.25, 0.3) is 11.7 Å². The molecular formula is C23H14F3NO3. The fourth-order valence-corrected chi connectivity index (χ4v) is 3.47. The topological polar surface area (TPSA) is 57.6 Å². The second-order valence-corrected chi connectivity index (χ2v) is 6.68. The highest BCUT2D eigenvalue weighted by Crippen LogP contribution is 2.42. The molecule has 1 unspecified atom stereocenters. The van der Waals surface area contributed by atoms with Gasteiger partial charge in [-0.2, -0.15) is 0 Å². The molecule has 4 rings (SSSR count). The molecular weight excluding hydrogens is 395 g/mol. The third-order valence-corrected chi connectivity index (χ3v) is 4.85. The first kappa shape index (κ1) is 19.4. The molecule has 0 bridgehead atoms. The van der Waals surface area contributed by atoms with Gasteiger partial charge in [-0.1, -0.05) is 30.3 Å². The van der Waals surface area contributed by atoms with Crippen molar-refractivity contribution in [3.63, 3.8) is 0 Å². The molecule has 0 saturated carbocycles. The van der Waals surface area contributed by atoms with Crippen LogP contribution in [0.5, 0.6) is 0 Å². The van der Waals surface area contributed by atoms with Gasteiger partial charge in [-0.05, 0) is 42.0 Å². The van der Waals surface area contributed by atoms with Crippen LogP contribution in [0.1, 0.15) is 17.2 Å². The van der Waals surface area contributed by atoms with E-state index in [1.807, 2.05) is 0 Å². The van der Waals surface area contributed by atoms with Crippen molar-refractivity contribution in [2.24, 2.45) is 0 Å². The summed E-state index contributed by atoms with van der Waals surface area (Å²) in [4.78, 5) is 26.6. The van der Waals surface area contributed by atoms with Crippen LogP contribution in [-0.2, 0) is 9.59 Å². The van der Waals surface area contributed by atoms with Gasteiger partial charge in [0.2, 0.25) is 0 Å². The number of halogens is 3. The van der Waals surface area contributed by atoms with Crippen LogP contribution in [0.3, 0.4) is 0 Å². The smallest absolute Gasteiger partial charge is 0.300 e. The highest BCUT2D eigenvalue weighted by atomic mass is 19.1. The van der Waals surface area contributed by atoms with Crippen LogP contribution in [0.2, 0.25) is 0 Å². The van der Waals surface area contributed by atoms with E-state index < -0.39 is 40.9 Å². The summed E-state index contributed by atoms with van der Waals surface area (Å²) >= 11 is 0. The summed E-state index contributed by atoms with van der Waals surface area (Å²) in [7, 11) is 0.